The summed E-state index contributed by atoms with van der Waals surface area (Å²) in [5.74, 6) is -147. The van der Waals surface area contributed by atoms with Crippen LogP contribution in [0.5, 0.6) is 0 Å². The summed E-state index contributed by atoms with van der Waals surface area (Å²) in [5, 5.41) is 7.82. The molecule has 0 aromatic carbocycles. The highest BCUT2D eigenvalue weighted by molar-refractivity contribution is 5.77. The molecule has 0 aliphatic rings. The van der Waals surface area contributed by atoms with E-state index in [1.54, 1.807) is 0 Å². The van der Waals surface area contributed by atoms with Gasteiger partial charge in [-0.3, -0.25) is 0 Å². The van der Waals surface area contributed by atoms with Crippen molar-refractivity contribution in [1.82, 2.24) is 0 Å². The fraction of sp³-hybridized carbons (Fsp3) is 0.944. The Morgan fingerprint density at radius 2 is 0.382 bits per heavy atom. The maximum Gasteiger partial charge on any atom is 0.460 e. The topological polar surface area (TPSA) is 37.3 Å². The zero-order chi connectivity index (χ0) is 46.1. The van der Waals surface area contributed by atoms with Crippen LogP contribution in [0.25, 0.3) is 0 Å². The molecule has 55 heavy (non-hydrogen) atoms. The zero-order valence-electron chi connectivity index (χ0n) is 23.1. The third-order valence-corrected chi connectivity index (χ3v) is 6.62. The molecular weight excluding hydrogens is 913 g/mol. The third-order valence-electron chi connectivity index (χ3n) is 6.62. The lowest BCUT2D eigenvalue weighted by Gasteiger charge is -2.51. The van der Waals surface area contributed by atoms with Crippen molar-refractivity contribution in [3.05, 3.63) is 0 Å². The molecule has 0 aliphatic carbocycles. The molecule has 0 fully saturated rings. The molecule has 0 heterocycles. The van der Waals surface area contributed by atoms with Crippen molar-refractivity contribution in [3.8, 4) is 0 Å². The number of alkyl halides is 35. The molecule has 0 aromatic heterocycles. The molecule has 330 valence electrons. The largest absolute Gasteiger partial charge is 0.477 e. The predicted molar refractivity (Wildman–Crippen MR) is 92.8 cm³/mol. The molecule has 2 nitrogen and oxygen atoms in total. The van der Waals surface area contributed by atoms with Gasteiger partial charge in [-0.15, -0.1) is 0 Å². The Bertz CT molecular complexity index is 1440. The van der Waals surface area contributed by atoms with Gasteiger partial charge in [0.2, 0.25) is 0 Å². The molecule has 0 aromatic rings. The Balaban J connectivity index is 8.83. The van der Waals surface area contributed by atoms with Gasteiger partial charge in [0.1, 0.15) is 0 Å². The van der Waals surface area contributed by atoms with Crippen LogP contribution in [-0.2, 0) is 4.79 Å². The van der Waals surface area contributed by atoms with E-state index in [1.165, 1.54) is 0 Å². The summed E-state index contributed by atoms with van der Waals surface area (Å²) < 4.78 is 473. The standard InChI is InChI=1S/C18HF35O2/c19-2(20,1(54)55)4(22,23)3(21,6(26,27)8(30,31)10(34,35)13(40,41)15(44,45)17(48,49)50)5(24,25)7(28,29)9(32,33)11(36,37)12(38,39)14(42,43)16(46,47)18(51,52)53/h(H,54,55). The first-order valence-electron chi connectivity index (χ1n) is 11.3. The minimum atomic E-state index is -11.2. The van der Waals surface area contributed by atoms with E-state index in [1.807, 2.05) is 0 Å². The van der Waals surface area contributed by atoms with E-state index in [-0.39, 0.29) is 0 Å². The summed E-state index contributed by atoms with van der Waals surface area (Å²) >= 11 is 0. The maximum atomic E-state index is 15.1. The van der Waals surface area contributed by atoms with Crippen LogP contribution in [0.1, 0.15) is 0 Å². The van der Waals surface area contributed by atoms with Gasteiger partial charge >= 0.3 is 107 Å². The summed E-state index contributed by atoms with van der Waals surface area (Å²) in [6, 6.07) is 0. The summed E-state index contributed by atoms with van der Waals surface area (Å²) in [6.07, 6.45) is -17.2. The summed E-state index contributed by atoms with van der Waals surface area (Å²) in [6.45, 7) is 0. The maximum absolute atomic E-state index is 15.1. The molecule has 0 aliphatic heterocycles. The average molecular weight is 914 g/mol. The van der Waals surface area contributed by atoms with Crippen LogP contribution in [-0.4, -0.2) is 112 Å². The van der Waals surface area contributed by atoms with E-state index in [2.05, 4.69) is 0 Å². The minimum Gasteiger partial charge on any atom is -0.477 e. The van der Waals surface area contributed by atoms with Crippen molar-refractivity contribution < 1.29 is 164 Å². The molecule has 0 amide bonds. The fourth-order valence-electron chi connectivity index (χ4n) is 3.31. The molecular formula is C18HF35O2. The number of hydrogen-bond donors (Lipinski definition) is 1. The summed E-state index contributed by atoms with van der Waals surface area (Å²) in [7, 11) is 0. The van der Waals surface area contributed by atoms with Crippen molar-refractivity contribution in [2.24, 2.45) is 0 Å². The van der Waals surface area contributed by atoms with E-state index in [4.69, 9.17) is 5.11 Å². The predicted octanol–water partition coefficient (Wildman–Crippen LogP) is 10.8. The van der Waals surface area contributed by atoms with E-state index in [0.29, 0.717) is 0 Å². The highest BCUT2D eigenvalue weighted by Gasteiger charge is 3.05. The van der Waals surface area contributed by atoms with E-state index >= 15 is 4.39 Å². The molecule has 0 saturated heterocycles. The van der Waals surface area contributed by atoms with Gasteiger partial charge in [0.05, 0.1) is 0 Å². The van der Waals surface area contributed by atoms with Crippen molar-refractivity contribution in [3.63, 3.8) is 0 Å². The lowest BCUT2D eigenvalue weighted by atomic mass is 9.72. The Morgan fingerprint density at radius 3 is 0.527 bits per heavy atom. The van der Waals surface area contributed by atoms with Crippen LogP contribution in [0.4, 0.5) is 154 Å². The Morgan fingerprint density at radius 1 is 0.236 bits per heavy atom. The quantitative estimate of drug-likeness (QED) is 0.166. The van der Waals surface area contributed by atoms with Gasteiger partial charge in [-0.25, -0.2) is 9.18 Å². The molecule has 1 atom stereocenters. The number of carboxylic acid groups (broad SMARTS) is 1. The van der Waals surface area contributed by atoms with Gasteiger partial charge in [0.25, 0.3) is 0 Å². The van der Waals surface area contributed by atoms with Crippen LogP contribution in [0.3, 0.4) is 0 Å². The van der Waals surface area contributed by atoms with Gasteiger partial charge < -0.3 is 5.11 Å². The number of rotatable bonds is 15. The van der Waals surface area contributed by atoms with Crippen molar-refractivity contribution in [1.29, 1.82) is 0 Å². The van der Waals surface area contributed by atoms with E-state index in [0.717, 1.165) is 0 Å². The van der Waals surface area contributed by atoms with Crippen LogP contribution < -0.4 is 0 Å². The van der Waals surface area contributed by atoms with Gasteiger partial charge in [0, 0.05) is 0 Å². The molecule has 0 rings (SSSR count). The normalized spacial score (nSPS) is 18.0. The molecule has 1 N–H and O–H groups in total. The molecule has 1 unspecified atom stereocenters. The lowest BCUT2D eigenvalue weighted by molar-refractivity contribution is -0.496. The number of aliphatic carboxylic acids is 1. The van der Waals surface area contributed by atoms with Gasteiger partial charge in [0.15, 0.2) is 0 Å². The number of carbonyl (C=O) groups is 1. The molecule has 0 saturated carbocycles. The highest BCUT2D eigenvalue weighted by Crippen LogP contribution is 2.72. The Labute approximate surface area is 272 Å². The molecule has 37 heteroatoms. The number of carboxylic acids is 1. The fourth-order valence-corrected chi connectivity index (χ4v) is 3.31. The van der Waals surface area contributed by atoms with Crippen molar-refractivity contribution in [2.45, 2.75) is 101 Å². The van der Waals surface area contributed by atoms with Crippen molar-refractivity contribution >= 4 is 5.97 Å². The number of hydrogen-bond acceptors (Lipinski definition) is 1. The van der Waals surface area contributed by atoms with Gasteiger partial charge in [-0.2, -0.15) is 149 Å². The first-order chi connectivity index (χ1) is 22.9. The highest BCUT2D eigenvalue weighted by atomic mass is 19.4. The Kier molecular flexibility index (Phi) is 11.6. The van der Waals surface area contributed by atoms with Gasteiger partial charge in [-0.05, 0) is 0 Å². The average Bonchev–Trinajstić information content (AvgIpc) is 2.93. The molecule has 0 radical (unpaired) electrons. The van der Waals surface area contributed by atoms with Crippen LogP contribution in [0.15, 0.2) is 0 Å². The van der Waals surface area contributed by atoms with Crippen molar-refractivity contribution in [2.75, 3.05) is 0 Å². The minimum absolute atomic E-state index is 5.56. The second kappa shape index (κ2) is 12.3. The van der Waals surface area contributed by atoms with Crippen LogP contribution in [0, 0.1) is 0 Å². The third kappa shape index (κ3) is 5.67. The number of halogens is 35. The summed E-state index contributed by atoms with van der Waals surface area (Å²) in [4.78, 5) is 10.3. The molecule has 0 bridgehead atoms. The summed E-state index contributed by atoms with van der Waals surface area (Å²) in [5.41, 5.74) is -11.2. The first kappa shape index (κ1) is 52.0. The second-order valence-corrected chi connectivity index (χ2v) is 10.0. The second-order valence-electron chi connectivity index (χ2n) is 10.0. The van der Waals surface area contributed by atoms with Crippen LogP contribution in [0.2, 0.25) is 0 Å². The smallest absolute Gasteiger partial charge is 0.460 e. The zero-order valence-corrected chi connectivity index (χ0v) is 23.1. The van der Waals surface area contributed by atoms with E-state index in [9.17, 15) is 154 Å². The van der Waals surface area contributed by atoms with Crippen LogP contribution >= 0.6 is 0 Å². The SMILES string of the molecule is O=C(O)C(F)(F)C(F)(F)C(F)(C(F)(F)C(F)(F)C(F)(F)C(F)(F)C(F)(F)C(F)(F)F)C(F)(F)C(F)(F)C(F)(F)C(F)(F)C(F)(F)C(F)(F)C(F)(F)C(F)(F)F. The Hall–Kier alpha value is -2.98. The first-order valence-corrected chi connectivity index (χ1v) is 11.3. The van der Waals surface area contributed by atoms with E-state index < -0.39 is 107 Å². The molecule has 0 spiro atoms. The lowest BCUT2D eigenvalue weighted by Crippen LogP contribution is -2.85. The van der Waals surface area contributed by atoms with Gasteiger partial charge in [-0.1, -0.05) is 0 Å². The monoisotopic (exact) mass is 914 g/mol.